The number of aryl methyl sites for hydroxylation is 1. The number of likely N-dealkylation sites (N-methyl/N-ethyl adjacent to an activating group) is 1. The number of nitrogens with one attached hydrogen (secondary N) is 1. The van der Waals surface area contributed by atoms with Gasteiger partial charge in [-0.15, -0.1) is 11.3 Å². The number of benzene rings is 1. The summed E-state index contributed by atoms with van der Waals surface area (Å²) in [4.78, 5) is 35.6. The molecular weight excluding hydrogens is 459 g/mol. The summed E-state index contributed by atoms with van der Waals surface area (Å²) in [6, 6.07) is 4.18. The Balaban J connectivity index is 1.68. The Hall–Kier alpha value is -3.27. The van der Waals surface area contributed by atoms with Crippen LogP contribution in [0.5, 0.6) is 5.75 Å². The fourth-order valence-corrected chi connectivity index (χ4v) is 5.40. The first kappa shape index (κ1) is 23.9. The molecule has 0 saturated heterocycles. The van der Waals surface area contributed by atoms with E-state index in [9.17, 15) is 14.0 Å². The number of nitrogens with zero attached hydrogens (tertiary/aromatic N) is 3. The monoisotopic (exact) mass is 486 g/mol. The lowest BCUT2D eigenvalue weighted by atomic mass is 9.91. The van der Waals surface area contributed by atoms with E-state index < -0.39 is 11.8 Å². The Morgan fingerprint density at radius 2 is 2.00 bits per heavy atom. The molecule has 8 nitrogen and oxygen atoms in total. The number of rotatable bonds is 6. The summed E-state index contributed by atoms with van der Waals surface area (Å²) in [5.74, 6) is -0.0838. The number of halogens is 1. The van der Waals surface area contributed by atoms with Gasteiger partial charge in [-0.25, -0.2) is 19.2 Å². The highest BCUT2D eigenvalue weighted by Crippen LogP contribution is 2.38. The average Bonchev–Trinajstić information content (AvgIpc) is 3.17. The average molecular weight is 487 g/mol. The van der Waals surface area contributed by atoms with Crippen LogP contribution in [0.15, 0.2) is 24.5 Å². The summed E-state index contributed by atoms with van der Waals surface area (Å²) < 4.78 is 25.4. The van der Waals surface area contributed by atoms with E-state index in [1.807, 2.05) is 6.92 Å². The molecular formula is C24H27FN4O4S. The molecule has 1 N–H and O–H groups in total. The molecule has 2 aromatic heterocycles. The maximum absolute atomic E-state index is 14.2. The van der Waals surface area contributed by atoms with Crippen molar-refractivity contribution in [3.8, 4) is 5.75 Å². The van der Waals surface area contributed by atoms with Gasteiger partial charge >= 0.3 is 5.97 Å². The third-order valence-electron chi connectivity index (χ3n) is 6.23. The predicted octanol–water partition coefficient (Wildman–Crippen LogP) is 4.84. The van der Waals surface area contributed by atoms with Crippen LogP contribution in [0.4, 0.5) is 15.9 Å². The summed E-state index contributed by atoms with van der Waals surface area (Å²) in [6.45, 7) is 3.35. The van der Waals surface area contributed by atoms with Crippen LogP contribution in [0.1, 0.15) is 47.8 Å². The molecule has 0 aliphatic heterocycles. The van der Waals surface area contributed by atoms with Crippen molar-refractivity contribution in [1.29, 1.82) is 0 Å². The van der Waals surface area contributed by atoms with E-state index in [2.05, 4.69) is 15.3 Å². The Labute approximate surface area is 201 Å². The second-order valence-electron chi connectivity index (χ2n) is 8.35. The zero-order valence-corrected chi connectivity index (χ0v) is 20.4. The molecule has 34 heavy (non-hydrogen) atoms. The lowest BCUT2D eigenvalue weighted by Crippen LogP contribution is -2.48. The molecule has 1 amide bonds. The molecule has 2 heterocycles. The number of fused-ring (bicyclic) bond motifs is 1. The maximum atomic E-state index is 14.2. The number of thiophene rings is 1. The van der Waals surface area contributed by atoms with Crippen molar-refractivity contribution in [3.63, 3.8) is 0 Å². The van der Waals surface area contributed by atoms with Gasteiger partial charge in [-0.05, 0) is 43.9 Å². The van der Waals surface area contributed by atoms with Gasteiger partial charge < -0.3 is 19.7 Å². The summed E-state index contributed by atoms with van der Waals surface area (Å²) in [5.41, 5.74) is 1.23. The summed E-state index contributed by atoms with van der Waals surface area (Å²) in [6.07, 6.45) is 4.73. The predicted molar refractivity (Wildman–Crippen MR) is 128 cm³/mol. The van der Waals surface area contributed by atoms with Crippen LogP contribution in [-0.4, -0.2) is 53.0 Å². The molecule has 1 aromatic carbocycles. The highest BCUT2D eigenvalue weighted by atomic mass is 32.1. The molecule has 3 aromatic rings. The highest BCUT2D eigenvalue weighted by Gasteiger charge is 2.32. The number of hydrogen-bond donors (Lipinski definition) is 1. The maximum Gasteiger partial charge on any atom is 0.348 e. The third-order valence-corrected chi connectivity index (χ3v) is 7.41. The van der Waals surface area contributed by atoms with E-state index in [1.165, 1.54) is 43.8 Å². The minimum atomic E-state index is -0.435. The number of carbonyl (C=O) groups excluding carboxylic acids is 2. The number of methoxy groups -OCH3 is 1. The Morgan fingerprint density at radius 3 is 2.74 bits per heavy atom. The van der Waals surface area contributed by atoms with Gasteiger partial charge in [0.05, 0.1) is 24.2 Å². The van der Waals surface area contributed by atoms with Gasteiger partial charge in [0.15, 0.2) is 0 Å². The van der Waals surface area contributed by atoms with Gasteiger partial charge in [-0.2, -0.15) is 0 Å². The number of esters is 1. The summed E-state index contributed by atoms with van der Waals surface area (Å²) >= 11 is 1.23. The molecule has 1 fully saturated rings. The van der Waals surface area contributed by atoms with Crippen LogP contribution in [0.3, 0.4) is 0 Å². The fourth-order valence-electron chi connectivity index (χ4n) is 4.33. The van der Waals surface area contributed by atoms with Gasteiger partial charge in [0, 0.05) is 20.0 Å². The van der Waals surface area contributed by atoms with Crippen LogP contribution >= 0.6 is 11.3 Å². The first-order valence-electron chi connectivity index (χ1n) is 11.1. The minimum absolute atomic E-state index is 0.0317. The van der Waals surface area contributed by atoms with Gasteiger partial charge in [0.1, 0.15) is 39.5 Å². The number of aromatic nitrogens is 2. The van der Waals surface area contributed by atoms with Gasteiger partial charge in [0.25, 0.3) is 0 Å². The number of carbonyl (C=O) groups is 2. The van der Waals surface area contributed by atoms with Crippen LogP contribution in [0.2, 0.25) is 0 Å². The largest absolute Gasteiger partial charge is 0.486 e. The second-order valence-corrected chi connectivity index (χ2v) is 9.35. The third kappa shape index (κ3) is 4.68. The first-order valence-corrected chi connectivity index (χ1v) is 11.9. The van der Waals surface area contributed by atoms with Crippen molar-refractivity contribution >= 4 is 44.9 Å². The summed E-state index contributed by atoms with van der Waals surface area (Å²) in [7, 11) is 3.11. The smallest absolute Gasteiger partial charge is 0.348 e. The van der Waals surface area contributed by atoms with Gasteiger partial charge in [-0.1, -0.05) is 6.42 Å². The molecule has 10 heteroatoms. The molecule has 0 spiro atoms. The number of ether oxygens (including phenoxy) is 2. The zero-order chi connectivity index (χ0) is 24.4. The number of amides is 1. The Kier molecular flexibility index (Phi) is 6.97. The van der Waals surface area contributed by atoms with Crippen LogP contribution < -0.4 is 10.1 Å². The van der Waals surface area contributed by atoms with Crippen LogP contribution in [0.25, 0.3) is 10.2 Å². The lowest BCUT2D eigenvalue weighted by Gasteiger charge is -2.37. The lowest BCUT2D eigenvalue weighted by molar-refractivity contribution is -0.132. The normalized spacial score (nSPS) is 17.9. The molecule has 1 aliphatic carbocycles. The van der Waals surface area contributed by atoms with Crippen molar-refractivity contribution in [1.82, 2.24) is 14.9 Å². The van der Waals surface area contributed by atoms with Crippen molar-refractivity contribution in [2.24, 2.45) is 0 Å². The summed E-state index contributed by atoms with van der Waals surface area (Å²) in [5, 5.41) is 3.93. The Bertz CT molecular complexity index is 1230. The second kappa shape index (κ2) is 9.92. The highest BCUT2D eigenvalue weighted by molar-refractivity contribution is 7.20. The van der Waals surface area contributed by atoms with Crippen molar-refractivity contribution in [2.75, 3.05) is 19.5 Å². The topological polar surface area (TPSA) is 93.7 Å². The molecule has 2 atom stereocenters. The van der Waals surface area contributed by atoms with E-state index in [-0.39, 0.29) is 18.1 Å². The molecule has 0 bridgehead atoms. The zero-order valence-electron chi connectivity index (χ0n) is 19.6. The van der Waals surface area contributed by atoms with Crippen molar-refractivity contribution in [3.05, 3.63) is 40.8 Å². The van der Waals surface area contributed by atoms with E-state index in [1.54, 1.807) is 18.0 Å². The fraction of sp³-hybridized carbons (Fsp3) is 0.417. The van der Waals surface area contributed by atoms with Crippen molar-refractivity contribution < 1.29 is 23.5 Å². The van der Waals surface area contributed by atoms with E-state index >= 15 is 0 Å². The van der Waals surface area contributed by atoms with E-state index in [4.69, 9.17) is 9.47 Å². The van der Waals surface area contributed by atoms with E-state index in [0.717, 1.165) is 25.7 Å². The van der Waals surface area contributed by atoms with Crippen LogP contribution in [-0.2, 0) is 9.53 Å². The number of hydrogen-bond acceptors (Lipinski definition) is 8. The molecule has 180 valence electrons. The Morgan fingerprint density at radius 1 is 1.24 bits per heavy atom. The van der Waals surface area contributed by atoms with E-state index in [0.29, 0.717) is 37.9 Å². The first-order chi connectivity index (χ1) is 16.3. The van der Waals surface area contributed by atoms with Crippen molar-refractivity contribution in [2.45, 2.75) is 51.7 Å². The quantitative estimate of drug-likeness (QED) is 0.499. The standard InChI is InChI=1S/C24H27FN4O4S/c1-13-20-22(26-12-27-23(20)34-21(13)24(31)32-4)28-16-10-9-15(25)11-19(16)33-18-8-6-5-7-17(18)29(3)14(2)30/h9-12,17-18H,5-8H2,1-4H3,(H,26,27,28). The molecule has 0 radical (unpaired) electrons. The van der Waals surface area contributed by atoms with Gasteiger partial charge in [-0.3, -0.25) is 4.79 Å². The number of anilines is 2. The molecule has 1 aliphatic rings. The van der Waals surface area contributed by atoms with Gasteiger partial charge in [0.2, 0.25) is 5.91 Å². The molecule has 2 unspecified atom stereocenters. The SMILES string of the molecule is COC(=O)c1sc2ncnc(Nc3ccc(F)cc3OC3CCCCC3N(C)C(C)=O)c2c1C. The minimum Gasteiger partial charge on any atom is -0.486 e. The molecule has 4 rings (SSSR count). The van der Waals surface area contributed by atoms with Crippen LogP contribution in [0, 0.1) is 12.7 Å². The molecule has 1 saturated carbocycles.